The van der Waals surface area contributed by atoms with Gasteiger partial charge in [0, 0.05) is 26.3 Å². The Morgan fingerprint density at radius 2 is 1.19 bits per heavy atom. The van der Waals surface area contributed by atoms with E-state index in [1.165, 1.54) is 0 Å². The van der Waals surface area contributed by atoms with Crippen molar-refractivity contribution in [2.24, 2.45) is 5.92 Å². The van der Waals surface area contributed by atoms with Crippen LogP contribution in [0.25, 0.3) is 0 Å². The molecule has 0 spiro atoms. The normalized spacial score (nSPS) is 10.7. The number of nitrogens with one attached hydrogen (secondary N) is 2. The van der Waals surface area contributed by atoms with E-state index in [1.54, 1.807) is 0 Å². The van der Waals surface area contributed by atoms with Gasteiger partial charge < -0.3 is 29.6 Å². The molecule has 0 aliphatic rings. The third-order valence-corrected chi connectivity index (χ3v) is 3.77. The topological polar surface area (TPSA) is 95.1 Å². The minimum Gasteiger partial charge on any atom is -0.379 e. The first-order chi connectivity index (χ1) is 15.4. The lowest BCUT2D eigenvalue weighted by Gasteiger charge is -2.08. The van der Waals surface area contributed by atoms with Crippen molar-refractivity contribution in [3.8, 4) is 0 Å². The third kappa shape index (κ3) is 36.2. The molecule has 0 aliphatic carbocycles. The molecule has 0 rings (SSSR count). The van der Waals surface area contributed by atoms with Gasteiger partial charge in [0.1, 0.15) is 6.61 Å². The van der Waals surface area contributed by atoms with E-state index in [2.05, 4.69) is 31.4 Å². The molecule has 192 valence electrons. The number of carbonyl (C=O) groups is 2. The summed E-state index contributed by atoms with van der Waals surface area (Å²) in [5.41, 5.74) is 0. The lowest BCUT2D eigenvalue weighted by atomic mass is 10.2. The van der Waals surface area contributed by atoms with E-state index in [0.29, 0.717) is 39.6 Å². The molecule has 0 radical (unpaired) electrons. The van der Waals surface area contributed by atoms with Crippen LogP contribution in [0.5, 0.6) is 0 Å². The maximum Gasteiger partial charge on any atom is 0.246 e. The molecule has 32 heavy (non-hydrogen) atoms. The molecule has 0 aromatic carbocycles. The fourth-order valence-corrected chi connectivity index (χ4v) is 2.24. The number of amides is 2. The molecular weight excluding hydrogens is 412 g/mol. The molecule has 0 bridgehead atoms. The van der Waals surface area contributed by atoms with Gasteiger partial charge >= 0.3 is 0 Å². The lowest BCUT2D eigenvalue weighted by Crippen LogP contribution is -2.29. The molecule has 2 amide bonds. The molecule has 2 N–H and O–H groups in total. The molecular formula is C24H50N2O6. The molecule has 0 saturated heterocycles. The van der Waals surface area contributed by atoms with Gasteiger partial charge in [0.25, 0.3) is 0 Å². The highest BCUT2D eigenvalue weighted by Crippen LogP contribution is 1.96. The van der Waals surface area contributed by atoms with Crippen LogP contribution in [-0.4, -0.2) is 77.8 Å². The first-order valence-corrected chi connectivity index (χ1v) is 12.2. The zero-order valence-corrected chi connectivity index (χ0v) is 21.3. The van der Waals surface area contributed by atoms with Gasteiger partial charge in [-0.05, 0) is 58.3 Å². The Bertz CT molecular complexity index is 392. The van der Waals surface area contributed by atoms with Gasteiger partial charge in [0.2, 0.25) is 12.3 Å². The predicted molar refractivity (Wildman–Crippen MR) is 129 cm³/mol. The van der Waals surface area contributed by atoms with Crippen molar-refractivity contribution in [3.63, 3.8) is 0 Å². The van der Waals surface area contributed by atoms with E-state index >= 15 is 0 Å². The Balaban J connectivity index is 0. The van der Waals surface area contributed by atoms with Crippen molar-refractivity contribution in [1.29, 1.82) is 0 Å². The predicted octanol–water partition coefficient (Wildman–Crippen LogP) is 3.33. The first kappa shape index (κ1) is 33.0. The minimum absolute atomic E-state index is 0.0574. The van der Waals surface area contributed by atoms with Crippen LogP contribution in [0.2, 0.25) is 0 Å². The molecule has 0 heterocycles. The Morgan fingerprint density at radius 1 is 0.719 bits per heavy atom. The molecule has 0 aromatic heterocycles. The van der Waals surface area contributed by atoms with Gasteiger partial charge in [-0.15, -0.1) is 0 Å². The molecule has 0 aromatic rings. The number of ether oxygens (including phenoxy) is 4. The summed E-state index contributed by atoms with van der Waals surface area (Å²) < 4.78 is 21.7. The quantitative estimate of drug-likeness (QED) is 0.189. The second kappa shape index (κ2) is 27.8. The second-order valence-electron chi connectivity index (χ2n) is 8.47. The number of hydrogen-bond acceptors (Lipinski definition) is 6. The van der Waals surface area contributed by atoms with E-state index in [-0.39, 0.29) is 18.6 Å². The van der Waals surface area contributed by atoms with E-state index in [9.17, 15) is 9.59 Å². The van der Waals surface area contributed by atoms with Crippen LogP contribution in [0.15, 0.2) is 0 Å². The van der Waals surface area contributed by atoms with E-state index in [0.717, 1.165) is 64.0 Å². The SMILES string of the molecule is CC(C)C.CC(C)OCC(=O)NCCCCCOCCOCCOCCCCCNC=O. The summed E-state index contributed by atoms with van der Waals surface area (Å²) in [5.74, 6) is 0.776. The van der Waals surface area contributed by atoms with Gasteiger partial charge in [-0.25, -0.2) is 0 Å². The number of unbranched alkanes of at least 4 members (excludes halogenated alkanes) is 4. The van der Waals surface area contributed by atoms with Crippen molar-refractivity contribution in [2.45, 2.75) is 79.2 Å². The van der Waals surface area contributed by atoms with Crippen LogP contribution in [0, 0.1) is 5.92 Å². The van der Waals surface area contributed by atoms with Crippen LogP contribution in [0.4, 0.5) is 0 Å². The maximum absolute atomic E-state index is 11.4. The standard InChI is InChI=1S/C20H40N2O6.C4H10/c1-19(2)28-17-20(24)22-10-6-4-8-12-26-14-16-27-15-13-25-11-7-3-5-9-21-18-23;1-4(2)3/h18-19H,3-17H2,1-2H3,(H,21,23)(H,22,24);4H,1-3H3. The van der Waals surface area contributed by atoms with E-state index in [1.807, 2.05) is 13.8 Å². The summed E-state index contributed by atoms with van der Waals surface area (Å²) in [6.07, 6.45) is 6.77. The van der Waals surface area contributed by atoms with Crippen molar-refractivity contribution in [2.75, 3.05) is 59.3 Å². The molecule has 0 unspecified atom stereocenters. The Morgan fingerprint density at radius 3 is 1.66 bits per heavy atom. The number of carbonyl (C=O) groups excluding carboxylic acids is 2. The third-order valence-electron chi connectivity index (χ3n) is 3.77. The van der Waals surface area contributed by atoms with Crippen LogP contribution in [0.3, 0.4) is 0 Å². The zero-order chi connectivity index (χ0) is 24.3. The fourth-order valence-electron chi connectivity index (χ4n) is 2.24. The van der Waals surface area contributed by atoms with Crippen molar-refractivity contribution in [1.82, 2.24) is 10.6 Å². The van der Waals surface area contributed by atoms with Gasteiger partial charge in [0.05, 0.1) is 32.5 Å². The Labute approximate surface area is 196 Å². The van der Waals surface area contributed by atoms with Crippen molar-refractivity contribution < 1.29 is 28.5 Å². The van der Waals surface area contributed by atoms with Gasteiger partial charge in [-0.2, -0.15) is 0 Å². The minimum atomic E-state index is -0.0574. The Hall–Kier alpha value is -1.22. The van der Waals surface area contributed by atoms with Gasteiger partial charge in [-0.1, -0.05) is 20.8 Å². The van der Waals surface area contributed by atoms with Gasteiger partial charge in [0.15, 0.2) is 0 Å². The van der Waals surface area contributed by atoms with E-state index in [4.69, 9.17) is 18.9 Å². The number of rotatable bonds is 22. The average molecular weight is 463 g/mol. The summed E-state index contributed by atoms with van der Waals surface area (Å²) in [7, 11) is 0. The van der Waals surface area contributed by atoms with E-state index < -0.39 is 0 Å². The van der Waals surface area contributed by atoms with Crippen molar-refractivity contribution >= 4 is 12.3 Å². The zero-order valence-electron chi connectivity index (χ0n) is 21.3. The largest absolute Gasteiger partial charge is 0.379 e. The summed E-state index contributed by atoms with van der Waals surface area (Å²) in [4.78, 5) is 21.5. The van der Waals surface area contributed by atoms with Crippen LogP contribution >= 0.6 is 0 Å². The second-order valence-corrected chi connectivity index (χ2v) is 8.47. The number of hydrogen-bond donors (Lipinski definition) is 2. The van der Waals surface area contributed by atoms with Crippen molar-refractivity contribution in [3.05, 3.63) is 0 Å². The summed E-state index contributed by atoms with van der Waals surface area (Å²) in [6, 6.07) is 0. The highest BCUT2D eigenvalue weighted by atomic mass is 16.5. The summed E-state index contributed by atoms with van der Waals surface area (Å²) >= 11 is 0. The molecule has 0 atom stereocenters. The summed E-state index contributed by atoms with van der Waals surface area (Å²) in [5, 5.41) is 5.48. The molecule has 8 heteroatoms. The van der Waals surface area contributed by atoms with Crippen LogP contribution < -0.4 is 10.6 Å². The van der Waals surface area contributed by atoms with Gasteiger partial charge in [-0.3, -0.25) is 9.59 Å². The highest BCUT2D eigenvalue weighted by Gasteiger charge is 2.02. The lowest BCUT2D eigenvalue weighted by molar-refractivity contribution is -0.127. The Kier molecular flexibility index (Phi) is 28.6. The average Bonchev–Trinajstić information content (AvgIpc) is 2.73. The van der Waals surface area contributed by atoms with Crippen LogP contribution in [0.1, 0.15) is 73.1 Å². The highest BCUT2D eigenvalue weighted by molar-refractivity contribution is 5.77. The molecule has 0 saturated carbocycles. The monoisotopic (exact) mass is 462 g/mol. The molecule has 8 nitrogen and oxygen atoms in total. The molecule has 0 fully saturated rings. The fraction of sp³-hybridized carbons (Fsp3) is 0.917. The smallest absolute Gasteiger partial charge is 0.246 e. The molecule has 0 aliphatic heterocycles. The summed E-state index contributed by atoms with van der Waals surface area (Å²) in [6.45, 7) is 15.6. The van der Waals surface area contributed by atoms with Crippen LogP contribution in [-0.2, 0) is 28.5 Å². The maximum atomic E-state index is 11.4. The first-order valence-electron chi connectivity index (χ1n) is 12.2.